The van der Waals surface area contributed by atoms with Gasteiger partial charge in [-0.15, -0.1) is 0 Å². The maximum absolute atomic E-state index is 12.4. The molecule has 3 rings (SSSR count). The number of carbonyl (C=O) groups is 1. The minimum Gasteiger partial charge on any atom is -0.437 e. The summed E-state index contributed by atoms with van der Waals surface area (Å²) >= 11 is 1.38. The lowest BCUT2D eigenvalue weighted by Gasteiger charge is -2.31. The van der Waals surface area contributed by atoms with Gasteiger partial charge in [0.15, 0.2) is 0 Å². The summed E-state index contributed by atoms with van der Waals surface area (Å²) < 4.78 is 11.4. The molecule has 0 aliphatic carbocycles. The normalized spacial score (nSPS) is 15.4. The number of oxazole rings is 1. The fourth-order valence-corrected chi connectivity index (χ4v) is 3.80. The minimum atomic E-state index is 0.159. The molecule has 0 unspecified atom stereocenters. The van der Waals surface area contributed by atoms with E-state index in [0.29, 0.717) is 23.5 Å². The van der Waals surface area contributed by atoms with Crippen LogP contribution in [0.3, 0.4) is 0 Å². The quantitative estimate of drug-likeness (QED) is 0.689. The van der Waals surface area contributed by atoms with Crippen molar-refractivity contribution in [2.75, 3.05) is 25.4 Å². The number of rotatable bonds is 7. The second kappa shape index (κ2) is 9.24. The predicted octanol–water partition coefficient (Wildman–Crippen LogP) is 3.84. The van der Waals surface area contributed by atoms with Crippen molar-refractivity contribution in [1.29, 1.82) is 0 Å². The lowest BCUT2D eigenvalue weighted by molar-refractivity contribution is -0.130. The molecule has 0 atom stereocenters. The third-order valence-electron chi connectivity index (χ3n) is 4.76. The molecule has 140 valence electrons. The van der Waals surface area contributed by atoms with Crippen molar-refractivity contribution >= 4 is 17.7 Å². The number of nitrogens with zero attached hydrogens (tertiary/aromatic N) is 2. The van der Waals surface area contributed by atoms with Crippen LogP contribution < -0.4 is 0 Å². The van der Waals surface area contributed by atoms with Crippen LogP contribution >= 0.6 is 11.8 Å². The van der Waals surface area contributed by atoms with Gasteiger partial charge in [-0.05, 0) is 38.2 Å². The van der Waals surface area contributed by atoms with Crippen molar-refractivity contribution in [3.05, 3.63) is 47.3 Å². The molecule has 0 saturated carbocycles. The minimum absolute atomic E-state index is 0.159. The van der Waals surface area contributed by atoms with E-state index in [1.54, 1.807) is 0 Å². The second-order valence-electron chi connectivity index (χ2n) is 6.73. The van der Waals surface area contributed by atoms with Gasteiger partial charge in [-0.2, -0.15) is 0 Å². The molecule has 0 spiro atoms. The molecule has 26 heavy (non-hydrogen) atoms. The van der Waals surface area contributed by atoms with Gasteiger partial charge in [0.2, 0.25) is 5.91 Å². The first-order valence-electron chi connectivity index (χ1n) is 9.08. The van der Waals surface area contributed by atoms with E-state index in [1.165, 1.54) is 17.3 Å². The third kappa shape index (κ3) is 5.35. The van der Waals surface area contributed by atoms with E-state index in [-0.39, 0.29) is 5.91 Å². The van der Waals surface area contributed by atoms with Crippen LogP contribution in [0.25, 0.3) is 0 Å². The summed E-state index contributed by atoms with van der Waals surface area (Å²) in [7, 11) is 0. The Bertz CT molecular complexity index is 690. The fourth-order valence-electron chi connectivity index (χ4n) is 2.99. The number of thioether (sulfide) groups is 1. The predicted molar refractivity (Wildman–Crippen MR) is 102 cm³/mol. The Hall–Kier alpha value is -1.79. The second-order valence-corrected chi connectivity index (χ2v) is 7.66. The summed E-state index contributed by atoms with van der Waals surface area (Å²) in [5.41, 5.74) is 2.09. The lowest BCUT2D eigenvalue weighted by Crippen LogP contribution is -2.40. The van der Waals surface area contributed by atoms with Gasteiger partial charge in [-0.25, -0.2) is 4.98 Å². The van der Waals surface area contributed by atoms with Crippen molar-refractivity contribution in [2.24, 2.45) is 5.92 Å². The highest BCUT2D eigenvalue weighted by Crippen LogP contribution is 2.23. The Morgan fingerprint density at radius 1 is 1.27 bits per heavy atom. The zero-order valence-electron chi connectivity index (χ0n) is 15.4. The van der Waals surface area contributed by atoms with Gasteiger partial charge in [-0.1, -0.05) is 42.1 Å². The number of hydrogen-bond acceptors (Lipinski definition) is 5. The number of aromatic nitrogens is 1. The van der Waals surface area contributed by atoms with E-state index < -0.39 is 0 Å². The van der Waals surface area contributed by atoms with E-state index in [9.17, 15) is 4.79 Å². The van der Waals surface area contributed by atoms with Gasteiger partial charge in [0, 0.05) is 19.7 Å². The Kier molecular flexibility index (Phi) is 6.74. The van der Waals surface area contributed by atoms with Gasteiger partial charge in [-0.3, -0.25) is 4.79 Å². The van der Waals surface area contributed by atoms with E-state index in [4.69, 9.17) is 9.15 Å². The van der Waals surface area contributed by atoms with Gasteiger partial charge < -0.3 is 14.1 Å². The van der Waals surface area contributed by atoms with Crippen molar-refractivity contribution in [1.82, 2.24) is 9.88 Å². The van der Waals surface area contributed by atoms with Crippen LogP contribution in [0, 0.1) is 19.8 Å². The highest BCUT2D eigenvalue weighted by molar-refractivity contribution is 7.99. The molecule has 1 fully saturated rings. The summed E-state index contributed by atoms with van der Waals surface area (Å²) in [5.74, 6) is 1.89. The SMILES string of the molecule is Cc1nc(SCC(=O)N2CCC(COCc3ccccc3)CC2)oc1C. The number of amides is 1. The number of ether oxygens (including phenoxy) is 1. The monoisotopic (exact) mass is 374 g/mol. The molecule has 2 aromatic rings. The molecule has 1 amide bonds. The lowest BCUT2D eigenvalue weighted by atomic mass is 9.98. The van der Waals surface area contributed by atoms with E-state index in [2.05, 4.69) is 17.1 Å². The molecule has 0 radical (unpaired) electrons. The number of hydrogen-bond donors (Lipinski definition) is 0. The van der Waals surface area contributed by atoms with E-state index in [0.717, 1.165) is 44.0 Å². The number of aryl methyl sites for hydroxylation is 2. The van der Waals surface area contributed by atoms with Crippen molar-refractivity contribution in [3.63, 3.8) is 0 Å². The summed E-state index contributed by atoms with van der Waals surface area (Å²) in [6.07, 6.45) is 2.00. The molecule has 1 aromatic heterocycles. The average molecular weight is 375 g/mol. The highest BCUT2D eigenvalue weighted by atomic mass is 32.2. The highest BCUT2D eigenvalue weighted by Gasteiger charge is 2.23. The van der Waals surface area contributed by atoms with Crippen LogP contribution in [-0.2, 0) is 16.1 Å². The average Bonchev–Trinajstić information content (AvgIpc) is 2.99. The zero-order chi connectivity index (χ0) is 18.4. The Morgan fingerprint density at radius 2 is 2.00 bits per heavy atom. The van der Waals surface area contributed by atoms with Crippen LogP contribution in [-0.4, -0.2) is 41.2 Å². The first kappa shape index (κ1) is 19.0. The summed E-state index contributed by atoms with van der Waals surface area (Å²) in [5, 5.41) is 0.581. The Balaban J connectivity index is 1.34. The fraction of sp³-hybridized carbons (Fsp3) is 0.500. The maximum atomic E-state index is 12.4. The van der Waals surface area contributed by atoms with Gasteiger partial charge >= 0.3 is 0 Å². The zero-order valence-corrected chi connectivity index (χ0v) is 16.3. The van der Waals surface area contributed by atoms with Crippen LogP contribution in [0.1, 0.15) is 29.9 Å². The Labute approximate surface area is 159 Å². The van der Waals surface area contributed by atoms with Crippen molar-refractivity contribution < 1.29 is 13.9 Å². The standard InChI is InChI=1S/C20H26N2O3S/c1-15-16(2)25-20(21-15)26-14-19(23)22-10-8-18(9-11-22)13-24-12-17-6-4-3-5-7-17/h3-7,18H,8-14H2,1-2H3. The number of carbonyl (C=O) groups excluding carboxylic acids is 1. The smallest absolute Gasteiger partial charge is 0.256 e. The van der Waals surface area contributed by atoms with Gasteiger partial charge in [0.05, 0.1) is 18.1 Å². The molecule has 1 aliphatic rings. The van der Waals surface area contributed by atoms with Crippen molar-refractivity contribution in [3.8, 4) is 0 Å². The first-order valence-corrected chi connectivity index (χ1v) is 10.1. The summed E-state index contributed by atoms with van der Waals surface area (Å²) in [6, 6.07) is 10.2. The van der Waals surface area contributed by atoms with Crippen LogP contribution in [0.4, 0.5) is 0 Å². The maximum Gasteiger partial charge on any atom is 0.256 e. The molecule has 1 aromatic carbocycles. The van der Waals surface area contributed by atoms with E-state index in [1.807, 2.05) is 36.9 Å². The molecule has 6 heteroatoms. The Morgan fingerprint density at radius 3 is 2.65 bits per heavy atom. The molecule has 0 N–H and O–H groups in total. The molecular formula is C20H26N2O3S. The van der Waals surface area contributed by atoms with Crippen LogP contribution in [0.2, 0.25) is 0 Å². The van der Waals surface area contributed by atoms with Gasteiger partial charge in [0.25, 0.3) is 5.22 Å². The number of likely N-dealkylation sites (tertiary alicyclic amines) is 1. The topological polar surface area (TPSA) is 55.6 Å². The molecule has 2 heterocycles. The first-order chi connectivity index (χ1) is 12.6. The molecule has 1 saturated heterocycles. The van der Waals surface area contributed by atoms with Crippen molar-refractivity contribution in [2.45, 2.75) is 38.5 Å². The summed E-state index contributed by atoms with van der Waals surface area (Å²) in [4.78, 5) is 18.6. The third-order valence-corrected chi connectivity index (χ3v) is 5.57. The summed E-state index contributed by atoms with van der Waals surface area (Å²) in [6.45, 7) is 6.84. The molecular weight excluding hydrogens is 348 g/mol. The van der Waals surface area contributed by atoms with Gasteiger partial charge in [0.1, 0.15) is 5.76 Å². The van der Waals surface area contributed by atoms with Crippen LogP contribution in [0.5, 0.6) is 0 Å². The largest absolute Gasteiger partial charge is 0.437 e. The molecule has 5 nitrogen and oxygen atoms in total. The number of piperidine rings is 1. The molecule has 0 bridgehead atoms. The number of benzene rings is 1. The van der Waals surface area contributed by atoms with Crippen LogP contribution in [0.15, 0.2) is 40.0 Å². The molecule has 1 aliphatic heterocycles. The van der Waals surface area contributed by atoms with E-state index >= 15 is 0 Å².